The van der Waals surface area contributed by atoms with Crippen LogP contribution in [0.5, 0.6) is 0 Å². The standard InChI is InChI=1S/C20H28N2O7/c1-13(21-19(27)29-20(2,3)4)17(25)22-15(10-11-16(23)24)18(26)28-12-14-8-6-5-7-9-14/h5-9,13,15H,10-12H2,1-4H3,(H,21,27)(H,22,25)(H,23,24)/p-1/t13-,15+/m0/s1. The molecule has 2 N–H and O–H groups in total. The van der Waals surface area contributed by atoms with Crippen LogP contribution in [0.4, 0.5) is 4.79 Å². The molecular weight excluding hydrogens is 380 g/mol. The Labute approximate surface area is 169 Å². The highest BCUT2D eigenvalue weighted by Gasteiger charge is 2.26. The lowest BCUT2D eigenvalue weighted by Gasteiger charge is -2.23. The molecule has 0 bridgehead atoms. The van der Waals surface area contributed by atoms with Gasteiger partial charge in [-0.05, 0) is 46.1 Å². The van der Waals surface area contributed by atoms with Crippen molar-refractivity contribution in [1.29, 1.82) is 0 Å². The zero-order valence-corrected chi connectivity index (χ0v) is 17.0. The number of aliphatic carboxylic acids is 1. The van der Waals surface area contributed by atoms with Crippen LogP contribution >= 0.6 is 0 Å². The van der Waals surface area contributed by atoms with Crippen molar-refractivity contribution in [2.24, 2.45) is 0 Å². The van der Waals surface area contributed by atoms with E-state index >= 15 is 0 Å². The zero-order chi connectivity index (χ0) is 22.0. The molecule has 0 aliphatic rings. The molecule has 1 aromatic carbocycles. The summed E-state index contributed by atoms with van der Waals surface area (Å²) in [7, 11) is 0. The largest absolute Gasteiger partial charge is 0.550 e. The monoisotopic (exact) mass is 407 g/mol. The number of rotatable bonds is 9. The van der Waals surface area contributed by atoms with E-state index in [0.29, 0.717) is 0 Å². The van der Waals surface area contributed by atoms with Crippen LogP contribution in [0.15, 0.2) is 30.3 Å². The Balaban J connectivity index is 2.67. The number of amides is 2. The molecule has 0 aliphatic heterocycles. The molecule has 0 aromatic heterocycles. The molecule has 0 saturated heterocycles. The fourth-order valence-electron chi connectivity index (χ4n) is 2.19. The summed E-state index contributed by atoms with van der Waals surface area (Å²) in [5, 5.41) is 15.5. The van der Waals surface area contributed by atoms with E-state index in [9.17, 15) is 24.3 Å². The van der Waals surface area contributed by atoms with Crippen molar-refractivity contribution in [1.82, 2.24) is 10.6 Å². The average molecular weight is 407 g/mol. The van der Waals surface area contributed by atoms with Crippen LogP contribution in [0.3, 0.4) is 0 Å². The first-order valence-electron chi connectivity index (χ1n) is 9.18. The summed E-state index contributed by atoms with van der Waals surface area (Å²) in [6.07, 6.45) is -1.45. The molecule has 9 heteroatoms. The Morgan fingerprint density at radius 1 is 1.07 bits per heavy atom. The number of alkyl carbamates (subject to hydrolysis) is 1. The Morgan fingerprint density at radius 3 is 2.24 bits per heavy atom. The number of nitrogens with one attached hydrogen (secondary N) is 2. The predicted molar refractivity (Wildman–Crippen MR) is 101 cm³/mol. The van der Waals surface area contributed by atoms with E-state index < -0.39 is 48.0 Å². The molecule has 2 amide bonds. The number of benzene rings is 1. The molecule has 2 atom stereocenters. The van der Waals surface area contributed by atoms with Crippen molar-refractivity contribution in [2.45, 2.75) is 64.8 Å². The minimum atomic E-state index is -1.36. The van der Waals surface area contributed by atoms with Crippen molar-refractivity contribution in [3.63, 3.8) is 0 Å². The number of carboxylic acid groups (broad SMARTS) is 1. The third-order valence-electron chi connectivity index (χ3n) is 3.59. The van der Waals surface area contributed by atoms with Crippen molar-refractivity contribution in [2.75, 3.05) is 0 Å². The first-order valence-corrected chi connectivity index (χ1v) is 9.18. The maximum atomic E-state index is 12.3. The van der Waals surface area contributed by atoms with Gasteiger partial charge < -0.3 is 30.0 Å². The highest BCUT2D eigenvalue weighted by atomic mass is 16.6. The van der Waals surface area contributed by atoms with Crippen LogP contribution in [-0.2, 0) is 30.5 Å². The number of carboxylic acids is 1. The van der Waals surface area contributed by atoms with Gasteiger partial charge in [0.15, 0.2) is 0 Å². The molecule has 0 radical (unpaired) electrons. The Hall–Kier alpha value is -3.10. The second-order valence-electron chi connectivity index (χ2n) is 7.43. The summed E-state index contributed by atoms with van der Waals surface area (Å²) in [5.41, 5.74) is 0.00392. The summed E-state index contributed by atoms with van der Waals surface area (Å²) in [6.45, 7) is 6.41. The molecule has 160 valence electrons. The molecule has 0 aliphatic carbocycles. The number of esters is 1. The van der Waals surface area contributed by atoms with Gasteiger partial charge in [-0.2, -0.15) is 0 Å². The SMILES string of the molecule is C[C@H](NC(=O)OC(C)(C)C)C(=O)N[C@H](CCC(=O)[O-])C(=O)OCc1ccccc1. The minimum Gasteiger partial charge on any atom is -0.550 e. The van der Waals surface area contributed by atoms with Gasteiger partial charge in [0.25, 0.3) is 0 Å². The van der Waals surface area contributed by atoms with E-state index in [1.54, 1.807) is 45.0 Å². The summed E-state index contributed by atoms with van der Waals surface area (Å²) in [5.74, 6) is -2.83. The molecule has 9 nitrogen and oxygen atoms in total. The van der Waals surface area contributed by atoms with Gasteiger partial charge in [0.1, 0.15) is 24.3 Å². The third-order valence-corrected chi connectivity index (χ3v) is 3.59. The third kappa shape index (κ3) is 10.1. The minimum absolute atomic E-state index is 0.0247. The van der Waals surface area contributed by atoms with Crippen LogP contribution in [-0.4, -0.2) is 41.6 Å². The summed E-state index contributed by atoms with van der Waals surface area (Å²) < 4.78 is 10.2. The molecule has 0 unspecified atom stereocenters. The Kier molecular flexibility index (Phi) is 9.11. The van der Waals surface area contributed by atoms with Crippen LogP contribution in [0.1, 0.15) is 46.1 Å². The maximum Gasteiger partial charge on any atom is 0.408 e. The summed E-state index contributed by atoms with van der Waals surface area (Å²) in [4.78, 5) is 47.2. The lowest BCUT2D eigenvalue weighted by Crippen LogP contribution is -2.51. The Morgan fingerprint density at radius 2 is 1.69 bits per heavy atom. The molecule has 1 rings (SSSR count). The molecule has 0 spiro atoms. The fourth-order valence-corrected chi connectivity index (χ4v) is 2.19. The Bertz CT molecular complexity index is 713. The van der Waals surface area contributed by atoms with Crippen LogP contribution < -0.4 is 15.7 Å². The van der Waals surface area contributed by atoms with Crippen LogP contribution in [0, 0.1) is 0 Å². The number of ether oxygens (including phenoxy) is 2. The number of hydrogen-bond acceptors (Lipinski definition) is 7. The molecule has 0 saturated carbocycles. The first-order chi connectivity index (χ1) is 13.5. The number of hydrogen-bond donors (Lipinski definition) is 2. The second kappa shape index (κ2) is 11.0. The van der Waals surface area contributed by atoms with Gasteiger partial charge in [-0.3, -0.25) is 4.79 Å². The molecule has 29 heavy (non-hydrogen) atoms. The fraction of sp³-hybridized carbons (Fsp3) is 0.500. The van der Waals surface area contributed by atoms with Gasteiger partial charge in [-0.15, -0.1) is 0 Å². The van der Waals surface area contributed by atoms with Gasteiger partial charge in [0, 0.05) is 5.97 Å². The van der Waals surface area contributed by atoms with Crippen molar-refractivity contribution in [3.8, 4) is 0 Å². The van der Waals surface area contributed by atoms with Gasteiger partial charge in [0.2, 0.25) is 5.91 Å². The molecule has 0 heterocycles. The normalized spacial score (nSPS) is 13.0. The van der Waals surface area contributed by atoms with Gasteiger partial charge in [-0.25, -0.2) is 9.59 Å². The van der Waals surface area contributed by atoms with Gasteiger partial charge in [-0.1, -0.05) is 30.3 Å². The van der Waals surface area contributed by atoms with Crippen LogP contribution in [0.25, 0.3) is 0 Å². The highest BCUT2D eigenvalue weighted by Crippen LogP contribution is 2.08. The van der Waals surface area contributed by atoms with Crippen LogP contribution in [0.2, 0.25) is 0 Å². The maximum absolute atomic E-state index is 12.3. The highest BCUT2D eigenvalue weighted by molar-refractivity contribution is 5.89. The smallest absolute Gasteiger partial charge is 0.408 e. The van der Waals surface area contributed by atoms with E-state index in [-0.39, 0.29) is 13.0 Å². The first kappa shape index (κ1) is 23.9. The quantitative estimate of drug-likeness (QED) is 0.574. The predicted octanol–water partition coefficient (Wildman–Crippen LogP) is 0.658. The van der Waals surface area contributed by atoms with Crippen molar-refractivity contribution < 1.29 is 33.8 Å². The average Bonchev–Trinajstić information content (AvgIpc) is 2.61. The lowest BCUT2D eigenvalue weighted by atomic mass is 10.1. The van der Waals surface area contributed by atoms with E-state index in [0.717, 1.165) is 5.56 Å². The molecule has 0 fully saturated rings. The van der Waals surface area contributed by atoms with Gasteiger partial charge in [0.05, 0.1) is 0 Å². The summed E-state index contributed by atoms with van der Waals surface area (Å²) in [6, 6.07) is 6.67. The summed E-state index contributed by atoms with van der Waals surface area (Å²) >= 11 is 0. The zero-order valence-electron chi connectivity index (χ0n) is 17.0. The van der Waals surface area contributed by atoms with Gasteiger partial charge >= 0.3 is 12.1 Å². The molecular formula is C20H27N2O7-. The number of carbonyl (C=O) groups is 4. The van der Waals surface area contributed by atoms with E-state index in [2.05, 4.69) is 10.6 Å². The van der Waals surface area contributed by atoms with E-state index in [4.69, 9.17) is 9.47 Å². The van der Waals surface area contributed by atoms with E-state index in [1.165, 1.54) is 6.92 Å². The number of carbonyl (C=O) groups excluding carboxylic acids is 4. The topological polar surface area (TPSA) is 134 Å². The molecule has 1 aromatic rings. The van der Waals surface area contributed by atoms with Crippen molar-refractivity contribution in [3.05, 3.63) is 35.9 Å². The second-order valence-corrected chi connectivity index (χ2v) is 7.43. The van der Waals surface area contributed by atoms with E-state index in [1.807, 2.05) is 6.07 Å². The van der Waals surface area contributed by atoms with Crippen molar-refractivity contribution >= 4 is 23.9 Å². The lowest BCUT2D eigenvalue weighted by molar-refractivity contribution is -0.305.